The number of aromatic nitrogens is 2. The Bertz CT molecular complexity index is 1060. The topological polar surface area (TPSA) is 61.2 Å². The number of carbonyl (C=O) groups is 1. The van der Waals surface area contributed by atoms with Crippen molar-refractivity contribution in [2.75, 3.05) is 5.75 Å². The van der Waals surface area contributed by atoms with Gasteiger partial charge in [0.1, 0.15) is 10.9 Å². The van der Waals surface area contributed by atoms with E-state index in [0.717, 1.165) is 42.3 Å². The molecule has 4 rings (SSSR count). The number of allylic oxidation sites excluding steroid dienone is 1. The van der Waals surface area contributed by atoms with Gasteiger partial charge in [-0.3, -0.25) is 14.2 Å². The molecule has 2 aliphatic carbocycles. The third-order valence-corrected chi connectivity index (χ3v) is 9.05. The summed E-state index contributed by atoms with van der Waals surface area (Å²) in [4.78, 5) is 33.0. The number of aryl methyl sites for hydroxylation is 2. The largest absolute Gasteiger partial charge is 0.461 e. The van der Waals surface area contributed by atoms with Crippen LogP contribution in [0, 0.1) is 17.8 Å². The van der Waals surface area contributed by atoms with Crippen LogP contribution in [-0.2, 0) is 28.9 Å². The number of thioether (sulfide) groups is 1. The normalized spacial score (nSPS) is 23.3. The van der Waals surface area contributed by atoms with Crippen LogP contribution in [0.3, 0.4) is 0 Å². The van der Waals surface area contributed by atoms with Crippen molar-refractivity contribution in [1.82, 2.24) is 9.55 Å². The second kappa shape index (κ2) is 10.1. The Labute approximate surface area is 198 Å². The molecule has 2 aliphatic rings. The summed E-state index contributed by atoms with van der Waals surface area (Å²) in [7, 11) is 0. The first-order chi connectivity index (χ1) is 15.4. The number of nitrogens with zero attached hydrogens (tertiary/aromatic N) is 2. The highest BCUT2D eigenvalue weighted by Crippen LogP contribution is 2.36. The monoisotopic (exact) mass is 474 g/mol. The Morgan fingerprint density at radius 1 is 1.34 bits per heavy atom. The molecular formula is C25H34N2O3S2. The lowest BCUT2D eigenvalue weighted by Gasteiger charge is -2.36. The molecule has 0 saturated heterocycles. The van der Waals surface area contributed by atoms with E-state index in [-0.39, 0.29) is 23.4 Å². The molecule has 32 heavy (non-hydrogen) atoms. The first-order valence-electron chi connectivity index (χ1n) is 11.9. The minimum absolute atomic E-state index is 0.00820. The summed E-state index contributed by atoms with van der Waals surface area (Å²) < 4.78 is 7.61. The molecule has 0 N–H and O–H groups in total. The Morgan fingerprint density at radius 3 is 2.88 bits per heavy atom. The molecule has 0 unspecified atom stereocenters. The van der Waals surface area contributed by atoms with Crippen molar-refractivity contribution in [2.24, 2.45) is 17.8 Å². The molecule has 0 radical (unpaired) electrons. The molecule has 0 bridgehead atoms. The molecule has 3 atom stereocenters. The van der Waals surface area contributed by atoms with Crippen molar-refractivity contribution < 1.29 is 9.53 Å². The fraction of sp³-hybridized carbons (Fsp3) is 0.640. The van der Waals surface area contributed by atoms with Gasteiger partial charge in [0.2, 0.25) is 0 Å². The molecule has 1 fully saturated rings. The average Bonchev–Trinajstić information content (AvgIpc) is 3.13. The minimum Gasteiger partial charge on any atom is -0.461 e. The van der Waals surface area contributed by atoms with Crippen LogP contribution in [0.2, 0.25) is 0 Å². The van der Waals surface area contributed by atoms with Crippen molar-refractivity contribution in [2.45, 2.75) is 83.5 Å². The standard InChI is InChI=1S/C25H34N2O3S2/c1-5-12-27-24(29)22-18-8-6-7-9-20(18)32-23(22)26-25(27)31-14-21(28)30-19-13-16(4)10-11-17(19)15(2)3/h5,15-17,19H,1,6-14H2,2-4H3/t16-,17-,19-/m1/s1. The maximum atomic E-state index is 13.3. The second-order valence-corrected chi connectivity index (χ2v) is 11.7. The van der Waals surface area contributed by atoms with E-state index in [1.165, 1.54) is 35.0 Å². The third kappa shape index (κ3) is 4.84. The number of thiophene rings is 1. The quantitative estimate of drug-likeness (QED) is 0.226. The highest BCUT2D eigenvalue weighted by Gasteiger charge is 2.33. The molecule has 2 heterocycles. The number of fused-ring (bicyclic) bond motifs is 3. The van der Waals surface area contributed by atoms with Crippen LogP contribution in [-0.4, -0.2) is 27.4 Å². The van der Waals surface area contributed by atoms with Crippen LogP contribution in [0.5, 0.6) is 0 Å². The predicted molar refractivity (Wildman–Crippen MR) is 133 cm³/mol. The van der Waals surface area contributed by atoms with Crippen LogP contribution < -0.4 is 5.56 Å². The van der Waals surface area contributed by atoms with E-state index in [4.69, 9.17) is 9.72 Å². The van der Waals surface area contributed by atoms with E-state index in [0.29, 0.717) is 29.5 Å². The summed E-state index contributed by atoms with van der Waals surface area (Å²) in [5.41, 5.74) is 1.18. The Morgan fingerprint density at radius 2 is 2.12 bits per heavy atom. The Hall–Kier alpha value is -1.60. The van der Waals surface area contributed by atoms with Crippen LogP contribution in [0.25, 0.3) is 10.2 Å². The van der Waals surface area contributed by atoms with Gasteiger partial charge in [-0.05, 0) is 61.8 Å². The maximum absolute atomic E-state index is 13.3. The third-order valence-electron chi connectivity index (χ3n) is 6.91. The SMILES string of the molecule is C=CCn1c(SCC(=O)O[C@@H]2C[C@H](C)CC[C@@H]2C(C)C)nc2sc3c(c2c1=O)CCCC3. The first kappa shape index (κ1) is 23.6. The van der Waals surface area contributed by atoms with Crippen molar-refractivity contribution in [3.05, 3.63) is 33.4 Å². The van der Waals surface area contributed by atoms with Crippen LogP contribution in [0.1, 0.15) is 63.3 Å². The van der Waals surface area contributed by atoms with E-state index < -0.39 is 0 Å². The highest BCUT2D eigenvalue weighted by atomic mass is 32.2. The van der Waals surface area contributed by atoms with Gasteiger partial charge < -0.3 is 4.74 Å². The van der Waals surface area contributed by atoms with E-state index in [2.05, 4.69) is 27.4 Å². The smallest absolute Gasteiger partial charge is 0.316 e. The van der Waals surface area contributed by atoms with Crippen LogP contribution in [0.4, 0.5) is 0 Å². The maximum Gasteiger partial charge on any atom is 0.316 e. The second-order valence-electron chi connectivity index (χ2n) is 9.63. The minimum atomic E-state index is -0.218. The Kier molecular flexibility index (Phi) is 7.45. The van der Waals surface area contributed by atoms with Crippen molar-refractivity contribution in [3.63, 3.8) is 0 Å². The number of rotatable bonds is 7. The lowest BCUT2D eigenvalue weighted by atomic mass is 9.75. The highest BCUT2D eigenvalue weighted by molar-refractivity contribution is 7.99. The number of carbonyl (C=O) groups excluding carboxylic acids is 1. The molecule has 1 saturated carbocycles. The van der Waals surface area contributed by atoms with Crippen LogP contribution in [0.15, 0.2) is 22.6 Å². The van der Waals surface area contributed by atoms with Crippen molar-refractivity contribution >= 4 is 39.3 Å². The van der Waals surface area contributed by atoms with Gasteiger partial charge in [-0.15, -0.1) is 17.9 Å². The molecule has 2 aromatic rings. The van der Waals surface area contributed by atoms with Gasteiger partial charge in [-0.1, -0.05) is 45.0 Å². The summed E-state index contributed by atoms with van der Waals surface area (Å²) >= 11 is 2.95. The van der Waals surface area contributed by atoms with Gasteiger partial charge in [0, 0.05) is 11.4 Å². The number of esters is 1. The number of hydrogen-bond donors (Lipinski definition) is 0. The van der Waals surface area contributed by atoms with Gasteiger partial charge in [-0.25, -0.2) is 4.98 Å². The number of hydrogen-bond acceptors (Lipinski definition) is 6. The van der Waals surface area contributed by atoms with E-state index in [1.807, 2.05) is 0 Å². The molecular weight excluding hydrogens is 440 g/mol. The molecule has 174 valence electrons. The van der Waals surface area contributed by atoms with Gasteiger partial charge in [-0.2, -0.15) is 0 Å². The lowest BCUT2D eigenvalue weighted by Crippen LogP contribution is -2.36. The van der Waals surface area contributed by atoms with Crippen LogP contribution >= 0.6 is 23.1 Å². The first-order valence-corrected chi connectivity index (χ1v) is 13.7. The molecule has 2 aromatic heterocycles. The number of ether oxygens (including phenoxy) is 1. The molecule has 5 nitrogen and oxygen atoms in total. The summed E-state index contributed by atoms with van der Waals surface area (Å²) in [5, 5.41) is 1.35. The molecule has 7 heteroatoms. The zero-order chi connectivity index (χ0) is 22.8. The zero-order valence-corrected chi connectivity index (χ0v) is 21.0. The summed E-state index contributed by atoms with van der Waals surface area (Å²) in [6.45, 7) is 10.9. The Balaban J connectivity index is 1.53. The molecule has 0 spiro atoms. The average molecular weight is 475 g/mol. The fourth-order valence-corrected chi connectivity index (χ4v) is 7.29. The summed E-state index contributed by atoms with van der Waals surface area (Å²) in [5.74, 6) is 1.45. The van der Waals surface area contributed by atoms with Gasteiger partial charge in [0.05, 0.1) is 11.1 Å². The fourth-order valence-electron chi connectivity index (χ4n) is 5.20. The summed E-state index contributed by atoms with van der Waals surface area (Å²) in [6, 6.07) is 0. The molecule has 0 aliphatic heterocycles. The summed E-state index contributed by atoms with van der Waals surface area (Å²) in [6.07, 6.45) is 9.24. The van der Waals surface area contributed by atoms with E-state index in [9.17, 15) is 9.59 Å². The zero-order valence-electron chi connectivity index (χ0n) is 19.4. The van der Waals surface area contributed by atoms with Gasteiger partial charge >= 0.3 is 5.97 Å². The van der Waals surface area contributed by atoms with Gasteiger partial charge in [0.25, 0.3) is 5.56 Å². The molecule has 0 aromatic carbocycles. The van der Waals surface area contributed by atoms with E-state index >= 15 is 0 Å². The van der Waals surface area contributed by atoms with Crippen molar-refractivity contribution in [1.29, 1.82) is 0 Å². The predicted octanol–water partition coefficient (Wildman–Crippen LogP) is 5.62. The van der Waals surface area contributed by atoms with Crippen molar-refractivity contribution in [3.8, 4) is 0 Å². The van der Waals surface area contributed by atoms with Gasteiger partial charge in [0.15, 0.2) is 5.16 Å². The lowest BCUT2D eigenvalue weighted by molar-refractivity contribution is -0.152. The molecule has 0 amide bonds. The van der Waals surface area contributed by atoms with E-state index in [1.54, 1.807) is 22.0 Å².